The molecule has 0 amide bonds. The smallest absolute Gasteiger partial charge is 0.209 e. The second-order valence-corrected chi connectivity index (χ2v) is 2.68. The van der Waals surface area contributed by atoms with Gasteiger partial charge in [-0.05, 0) is 5.75 Å². The first-order chi connectivity index (χ1) is 4.34. The van der Waals surface area contributed by atoms with Crippen molar-refractivity contribution in [3.8, 4) is 0 Å². The Balaban J connectivity index is 2.69. The van der Waals surface area contributed by atoms with Crippen molar-refractivity contribution in [1.29, 1.82) is 0 Å². The molecule has 0 bridgehead atoms. The zero-order valence-electron chi connectivity index (χ0n) is 5.11. The van der Waals surface area contributed by atoms with Crippen LogP contribution in [-0.2, 0) is 0 Å². The molecule has 0 saturated carbocycles. The zero-order valence-corrected chi connectivity index (χ0v) is 5.93. The molecule has 2 N–H and O–H groups in total. The molecule has 9 heavy (non-hydrogen) atoms. The van der Waals surface area contributed by atoms with E-state index in [2.05, 4.69) is 10.2 Å². The third-order valence-corrected chi connectivity index (χ3v) is 1.65. The average molecular weight is 144 g/mol. The Morgan fingerprint density at radius 2 is 2.67 bits per heavy atom. The van der Waals surface area contributed by atoms with E-state index in [0.717, 1.165) is 10.9 Å². The van der Waals surface area contributed by atoms with Gasteiger partial charge in [0.25, 0.3) is 0 Å². The number of nitrogens with two attached hydrogens (primary N) is 1. The van der Waals surface area contributed by atoms with Crippen molar-refractivity contribution < 1.29 is 0 Å². The number of aromatic nitrogens is 3. The summed E-state index contributed by atoms with van der Waals surface area (Å²) in [5.74, 6) is 6.37. The Morgan fingerprint density at radius 3 is 3.11 bits per heavy atom. The van der Waals surface area contributed by atoms with Crippen LogP contribution in [0.25, 0.3) is 0 Å². The third kappa shape index (κ3) is 1.35. The van der Waals surface area contributed by atoms with Gasteiger partial charge in [-0.2, -0.15) is 0 Å². The summed E-state index contributed by atoms with van der Waals surface area (Å²) in [6, 6.07) is 0. The van der Waals surface area contributed by atoms with Gasteiger partial charge in [0.2, 0.25) is 5.16 Å². The molecule has 0 spiro atoms. The van der Waals surface area contributed by atoms with Crippen LogP contribution in [0.1, 0.15) is 6.92 Å². The van der Waals surface area contributed by atoms with Gasteiger partial charge in [0.1, 0.15) is 6.33 Å². The minimum absolute atomic E-state index is 0.762. The third-order valence-electron chi connectivity index (χ3n) is 0.814. The number of rotatable bonds is 2. The molecule has 0 unspecified atom stereocenters. The first kappa shape index (κ1) is 6.41. The van der Waals surface area contributed by atoms with Gasteiger partial charge in [0, 0.05) is 0 Å². The fraction of sp³-hybridized carbons (Fsp3) is 0.500. The summed E-state index contributed by atoms with van der Waals surface area (Å²) < 4.78 is 1.41. The molecular weight excluding hydrogens is 136 g/mol. The first-order valence-corrected chi connectivity index (χ1v) is 3.61. The molecule has 1 rings (SSSR count). The molecule has 0 atom stereocenters. The van der Waals surface area contributed by atoms with Gasteiger partial charge in [-0.3, -0.25) is 0 Å². The lowest BCUT2D eigenvalue weighted by atomic mass is 11.0. The Kier molecular flexibility index (Phi) is 1.94. The molecular formula is C4H8N4S. The standard InChI is InChI=1S/C4H8N4S/c1-2-9-4-7-6-3-8(4)5/h3H,2,5H2,1H3. The summed E-state index contributed by atoms with van der Waals surface area (Å²) in [7, 11) is 0. The summed E-state index contributed by atoms with van der Waals surface area (Å²) in [6.45, 7) is 2.04. The van der Waals surface area contributed by atoms with Crippen LogP contribution in [0, 0.1) is 0 Å². The molecule has 0 fully saturated rings. The largest absolute Gasteiger partial charge is 0.336 e. The van der Waals surface area contributed by atoms with Gasteiger partial charge in [0.15, 0.2) is 0 Å². The van der Waals surface area contributed by atoms with Crippen LogP contribution in [0.2, 0.25) is 0 Å². The molecule has 1 heterocycles. The molecule has 0 aliphatic heterocycles. The Hall–Kier alpha value is -0.710. The van der Waals surface area contributed by atoms with Crippen molar-refractivity contribution in [3.63, 3.8) is 0 Å². The second-order valence-electron chi connectivity index (χ2n) is 1.45. The van der Waals surface area contributed by atoms with Crippen molar-refractivity contribution in [1.82, 2.24) is 14.9 Å². The Morgan fingerprint density at radius 1 is 1.89 bits per heavy atom. The monoisotopic (exact) mass is 144 g/mol. The molecule has 0 radical (unpaired) electrons. The molecule has 4 nitrogen and oxygen atoms in total. The molecule has 0 aromatic carbocycles. The van der Waals surface area contributed by atoms with Crippen molar-refractivity contribution in [2.75, 3.05) is 11.6 Å². The molecule has 1 aromatic rings. The van der Waals surface area contributed by atoms with E-state index in [0.29, 0.717) is 0 Å². The van der Waals surface area contributed by atoms with E-state index in [4.69, 9.17) is 5.84 Å². The van der Waals surface area contributed by atoms with Crippen molar-refractivity contribution in [2.45, 2.75) is 12.1 Å². The lowest BCUT2D eigenvalue weighted by molar-refractivity contribution is 0.846. The highest BCUT2D eigenvalue weighted by molar-refractivity contribution is 7.99. The van der Waals surface area contributed by atoms with E-state index in [1.807, 2.05) is 6.92 Å². The molecule has 5 heteroatoms. The number of nitrogen functional groups attached to an aromatic ring is 1. The van der Waals surface area contributed by atoms with E-state index >= 15 is 0 Å². The van der Waals surface area contributed by atoms with Crippen molar-refractivity contribution >= 4 is 11.8 Å². The minimum atomic E-state index is 0.762. The van der Waals surface area contributed by atoms with Crippen LogP contribution in [0.4, 0.5) is 0 Å². The SMILES string of the molecule is CCSc1nncn1N. The summed E-state index contributed by atoms with van der Waals surface area (Å²) in [5.41, 5.74) is 0. The van der Waals surface area contributed by atoms with Gasteiger partial charge in [-0.15, -0.1) is 10.2 Å². The summed E-state index contributed by atoms with van der Waals surface area (Å²) in [4.78, 5) is 0. The van der Waals surface area contributed by atoms with Crippen LogP contribution in [0.15, 0.2) is 11.5 Å². The lowest BCUT2D eigenvalue weighted by Gasteiger charge is -1.93. The minimum Gasteiger partial charge on any atom is -0.336 e. The van der Waals surface area contributed by atoms with Crippen LogP contribution < -0.4 is 5.84 Å². The van der Waals surface area contributed by atoms with E-state index in [1.165, 1.54) is 11.0 Å². The Bertz CT molecular complexity index is 184. The van der Waals surface area contributed by atoms with E-state index in [-0.39, 0.29) is 0 Å². The fourth-order valence-electron chi connectivity index (χ4n) is 0.464. The van der Waals surface area contributed by atoms with E-state index < -0.39 is 0 Å². The van der Waals surface area contributed by atoms with Gasteiger partial charge in [-0.1, -0.05) is 18.7 Å². The van der Waals surface area contributed by atoms with Crippen molar-refractivity contribution in [2.24, 2.45) is 0 Å². The second kappa shape index (κ2) is 2.72. The predicted octanol–water partition coefficient (Wildman–Crippen LogP) is 0.104. The highest BCUT2D eigenvalue weighted by Gasteiger charge is 1.97. The maximum Gasteiger partial charge on any atom is 0.209 e. The first-order valence-electron chi connectivity index (χ1n) is 2.62. The Labute approximate surface area is 57.4 Å². The molecule has 0 saturated heterocycles. The molecule has 0 aliphatic carbocycles. The van der Waals surface area contributed by atoms with Crippen LogP contribution in [-0.4, -0.2) is 20.6 Å². The molecule has 1 aromatic heterocycles. The zero-order chi connectivity index (χ0) is 6.69. The number of hydrogen-bond donors (Lipinski definition) is 1. The maximum atomic E-state index is 5.40. The van der Waals surface area contributed by atoms with E-state index in [1.54, 1.807) is 11.8 Å². The maximum absolute atomic E-state index is 5.40. The van der Waals surface area contributed by atoms with Crippen LogP contribution in [0.3, 0.4) is 0 Å². The number of nitrogens with zero attached hydrogens (tertiary/aromatic N) is 3. The van der Waals surface area contributed by atoms with Gasteiger partial charge >= 0.3 is 0 Å². The van der Waals surface area contributed by atoms with Gasteiger partial charge < -0.3 is 5.84 Å². The van der Waals surface area contributed by atoms with Gasteiger partial charge in [0.05, 0.1) is 0 Å². The van der Waals surface area contributed by atoms with Gasteiger partial charge in [-0.25, -0.2) is 4.68 Å². The van der Waals surface area contributed by atoms with Crippen LogP contribution >= 0.6 is 11.8 Å². The predicted molar refractivity (Wildman–Crippen MR) is 36.6 cm³/mol. The molecule has 0 aliphatic rings. The van der Waals surface area contributed by atoms with E-state index in [9.17, 15) is 0 Å². The lowest BCUT2D eigenvalue weighted by Crippen LogP contribution is -2.07. The quantitative estimate of drug-likeness (QED) is 0.472. The summed E-state index contributed by atoms with van der Waals surface area (Å²) in [6.07, 6.45) is 1.48. The topological polar surface area (TPSA) is 56.7 Å². The average Bonchev–Trinajstić information content (AvgIpc) is 2.18. The highest BCUT2D eigenvalue weighted by atomic mass is 32.2. The highest BCUT2D eigenvalue weighted by Crippen LogP contribution is 2.09. The van der Waals surface area contributed by atoms with Crippen molar-refractivity contribution in [3.05, 3.63) is 6.33 Å². The number of thioether (sulfide) groups is 1. The molecule has 50 valence electrons. The van der Waals surface area contributed by atoms with Crippen LogP contribution in [0.5, 0.6) is 0 Å². The summed E-state index contributed by atoms with van der Waals surface area (Å²) >= 11 is 1.57. The normalized spacial score (nSPS) is 9.89. The summed E-state index contributed by atoms with van der Waals surface area (Å²) in [5, 5.41) is 8.13. The number of hydrogen-bond acceptors (Lipinski definition) is 4. The fourth-order valence-corrected chi connectivity index (χ4v) is 1.02.